The fourth-order valence-corrected chi connectivity index (χ4v) is 1.54. The first-order valence-electron chi connectivity index (χ1n) is 4.63. The van der Waals surface area contributed by atoms with E-state index in [-0.39, 0.29) is 26.1 Å². The number of carbonyl (C=O) groups is 1. The van der Waals surface area contributed by atoms with Gasteiger partial charge in [0.05, 0.1) is 12.2 Å². The average molecular weight is 290 g/mol. The summed E-state index contributed by atoms with van der Waals surface area (Å²) in [6.07, 6.45) is 0. The summed E-state index contributed by atoms with van der Waals surface area (Å²) in [4.78, 5) is 11.2. The third-order valence-corrected chi connectivity index (χ3v) is 2.01. The van der Waals surface area contributed by atoms with Gasteiger partial charge in [-0.1, -0.05) is 0 Å². The molecule has 0 radical (unpaired) electrons. The summed E-state index contributed by atoms with van der Waals surface area (Å²) in [5.41, 5.74) is -0.465. The molecule has 0 spiro atoms. The number of esters is 1. The molecule has 98 valence electrons. The molecule has 0 heterocycles. The highest BCUT2D eigenvalue weighted by Crippen LogP contribution is 2.11. The molecule has 0 N–H and O–H groups in total. The van der Waals surface area contributed by atoms with Crippen LogP contribution in [0.15, 0.2) is 0 Å². The molecule has 0 fully saturated rings. The second-order valence-corrected chi connectivity index (χ2v) is 5.35. The number of hydrogen-bond acceptors (Lipinski definition) is 5. The Hall–Kier alpha value is 0.380. The maximum Gasteiger partial charge on any atom is 0.334 e. The summed E-state index contributed by atoms with van der Waals surface area (Å²) in [6, 6.07) is 0. The van der Waals surface area contributed by atoms with Crippen LogP contribution in [-0.2, 0) is 13.7 Å². The zero-order chi connectivity index (χ0) is 11.9. The highest BCUT2D eigenvalue weighted by molar-refractivity contribution is 7.92. The van der Waals surface area contributed by atoms with Gasteiger partial charge in [-0.05, 0) is 27.8 Å². The van der Waals surface area contributed by atoms with E-state index in [1.165, 1.54) is 0 Å². The zero-order valence-corrected chi connectivity index (χ0v) is 12.7. The number of nitrogens with zero attached hydrogens (tertiary/aromatic N) is 1. The SMILES string of the molecule is CN(CCCl)SOCC(=O)OC(C)(C)C.S. The lowest BCUT2D eigenvalue weighted by atomic mass is 10.2. The second-order valence-electron chi connectivity index (χ2n) is 3.96. The Kier molecular flexibility index (Phi) is 11.0. The average Bonchev–Trinajstić information content (AvgIpc) is 2.00. The van der Waals surface area contributed by atoms with E-state index in [2.05, 4.69) is 0 Å². The molecule has 0 atom stereocenters. The van der Waals surface area contributed by atoms with Crippen molar-refractivity contribution in [3.8, 4) is 0 Å². The van der Waals surface area contributed by atoms with Crippen LogP contribution in [-0.4, -0.2) is 42.0 Å². The third-order valence-electron chi connectivity index (χ3n) is 1.18. The second kappa shape index (κ2) is 9.41. The first-order chi connectivity index (χ1) is 6.85. The van der Waals surface area contributed by atoms with Crippen LogP contribution in [0.25, 0.3) is 0 Å². The van der Waals surface area contributed by atoms with E-state index in [4.69, 9.17) is 20.5 Å². The molecule has 0 aromatic heterocycles. The van der Waals surface area contributed by atoms with E-state index in [0.717, 1.165) is 12.2 Å². The Morgan fingerprint density at radius 2 is 2.00 bits per heavy atom. The maximum atomic E-state index is 11.2. The topological polar surface area (TPSA) is 38.8 Å². The minimum Gasteiger partial charge on any atom is -0.458 e. The number of rotatable bonds is 6. The lowest BCUT2D eigenvalue weighted by molar-refractivity contribution is -0.156. The fourth-order valence-electron chi connectivity index (χ4n) is 0.692. The Bertz CT molecular complexity index is 200. The molecule has 0 amide bonds. The van der Waals surface area contributed by atoms with Crippen LogP contribution in [0.5, 0.6) is 0 Å². The number of carbonyl (C=O) groups excluding carboxylic acids is 1. The molecule has 0 saturated heterocycles. The Morgan fingerprint density at radius 3 is 2.44 bits per heavy atom. The molecule has 0 unspecified atom stereocenters. The van der Waals surface area contributed by atoms with Gasteiger partial charge in [0.15, 0.2) is 6.61 Å². The molecule has 0 rings (SSSR count). The standard InChI is InChI=1S/C9H18ClNO3S.H2S/c1-9(2,3)14-8(12)7-13-15-11(4)6-5-10;/h5-7H2,1-4H3;1H2. The highest BCUT2D eigenvalue weighted by Gasteiger charge is 2.16. The van der Waals surface area contributed by atoms with E-state index >= 15 is 0 Å². The molecule has 0 saturated carbocycles. The van der Waals surface area contributed by atoms with Crippen molar-refractivity contribution in [2.45, 2.75) is 26.4 Å². The molecule has 0 aromatic rings. The van der Waals surface area contributed by atoms with E-state index in [0.29, 0.717) is 12.4 Å². The van der Waals surface area contributed by atoms with Crippen molar-refractivity contribution in [2.24, 2.45) is 0 Å². The molecular weight excluding hydrogens is 270 g/mol. The lowest BCUT2D eigenvalue weighted by Crippen LogP contribution is -2.26. The Balaban J connectivity index is 0. The van der Waals surface area contributed by atoms with Crippen LogP contribution < -0.4 is 0 Å². The van der Waals surface area contributed by atoms with Gasteiger partial charge in [0.2, 0.25) is 0 Å². The summed E-state index contributed by atoms with van der Waals surface area (Å²) in [7, 11) is 1.84. The molecule has 7 heteroatoms. The van der Waals surface area contributed by atoms with Gasteiger partial charge >= 0.3 is 5.97 Å². The first-order valence-corrected chi connectivity index (χ1v) is 5.87. The molecule has 4 nitrogen and oxygen atoms in total. The molecule has 16 heavy (non-hydrogen) atoms. The van der Waals surface area contributed by atoms with Crippen molar-refractivity contribution >= 4 is 43.3 Å². The van der Waals surface area contributed by atoms with Crippen molar-refractivity contribution in [3.05, 3.63) is 0 Å². The zero-order valence-electron chi connectivity index (χ0n) is 10.1. The van der Waals surface area contributed by atoms with Crippen LogP contribution in [0.2, 0.25) is 0 Å². The Morgan fingerprint density at radius 1 is 1.44 bits per heavy atom. The van der Waals surface area contributed by atoms with Crippen LogP contribution in [0.3, 0.4) is 0 Å². The fraction of sp³-hybridized carbons (Fsp3) is 0.889. The van der Waals surface area contributed by atoms with Gasteiger partial charge in [-0.25, -0.2) is 9.10 Å². The molecular formula is C9H20ClNO3S2. The van der Waals surface area contributed by atoms with Crippen LogP contribution in [0.4, 0.5) is 0 Å². The van der Waals surface area contributed by atoms with Crippen molar-refractivity contribution in [2.75, 3.05) is 26.1 Å². The van der Waals surface area contributed by atoms with E-state index < -0.39 is 5.60 Å². The third kappa shape index (κ3) is 12.4. The molecule has 0 aliphatic rings. The van der Waals surface area contributed by atoms with Crippen LogP contribution in [0, 0.1) is 0 Å². The quantitative estimate of drug-likeness (QED) is 0.324. The molecule has 0 aliphatic carbocycles. The summed E-state index contributed by atoms with van der Waals surface area (Å²) < 4.78 is 11.9. The normalized spacial score (nSPS) is 11.1. The minimum atomic E-state index is -0.465. The predicted molar refractivity (Wildman–Crippen MR) is 73.1 cm³/mol. The summed E-state index contributed by atoms with van der Waals surface area (Å²) >= 11 is 6.63. The van der Waals surface area contributed by atoms with Gasteiger partial charge in [0.1, 0.15) is 5.60 Å². The van der Waals surface area contributed by atoms with Crippen molar-refractivity contribution in [1.82, 2.24) is 4.31 Å². The van der Waals surface area contributed by atoms with Crippen LogP contribution in [0.1, 0.15) is 20.8 Å². The van der Waals surface area contributed by atoms with Crippen LogP contribution >= 0.6 is 37.3 Å². The first kappa shape index (κ1) is 18.7. The van der Waals surface area contributed by atoms with E-state index in [1.807, 2.05) is 27.8 Å². The highest BCUT2D eigenvalue weighted by atomic mass is 35.5. The lowest BCUT2D eigenvalue weighted by Gasteiger charge is -2.19. The van der Waals surface area contributed by atoms with Gasteiger partial charge in [0, 0.05) is 12.4 Å². The minimum absolute atomic E-state index is 0. The smallest absolute Gasteiger partial charge is 0.334 e. The molecule has 0 aliphatic heterocycles. The number of ether oxygens (including phenoxy) is 1. The van der Waals surface area contributed by atoms with Gasteiger partial charge in [-0.3, -0.25) is 4.18 Å². The summed E-state index contributed by atoms with van der Waals surface area (Å²) in [6.45, 7) is 6.09. The molecule has 0 bridgehead atoms. The molecule has 0 aromatic carbocycles. The number of alkyl halides is 1. The van der Waals surface area contributed by atoms with Gasteiger partial charge in [0.25, 0.3) is 0 Å². The number of halogens is 1. The maximum absolute atomic E-state index is 11.2. The number of hydrogen-bond donors (Lipinski definition) is 0. The van der Waals surface area contributed by atoms with Crippen molar-refractivity contribution in [3.63, 3.8) is 0 Å². The predicted octanol–water partition coefficient (Wildman–Crippen LogP) is 2.19. The van der Waals surface area contributed by atoms with Gasteiger partial charge < -0.3 is 4.74 Å². The summed E-state index contributed by atoms with van der Waals surface area (Å²) in [5, 5.41) is 0. The largest absolute Gasteiger partial charge is 0.458 e. The Labute approximate surface area is 114 Å². The van der Waals surface area contributed by atoms with E-state index in [1.54, 1.807) is 4.31 Å². The summed E-state index contributed by atoms with van der Waals surface area (Å²) in [5.74, 6) is 0.161. The van der Waals surface area contributed by atoms with Gasteiger partial charge in [-0.2, -0.15) is 13.5 Å². The van der Waals surface area contributed by atoms with Gasteiger partial charge in [-0.15, -0.1) is 11.6 Å². The van der Waals surface area contributed by atoms with Crippen molar-refractivity contribution < 1.29 is 13.7 Å². The van der Waals surface area contributed by atoms with Crippen molar-refractivity contribution in [1.29, 1.82) is 0 Å². The monoisotopic (exact) mass is 289 g/mol. The van der Waals surface area contributed by atoms with E-state index in [9.17, 15) is 4.79 Å².